The molecule has 1 N–H and O–H groups in total. The molecule has 0 aliphatic heterocycles. The molecule has 1 aromatic carbocycles. The molecule has 0 bridgehead atoms. The van der Waals surface area contributed by atoms with Crippen LogP contribution in [-0.4, -0.2) is 20.7 Å². The summed E-state index contributed by atoms with van der Waals surface area (Å²) in [6.45, 7) is 6.25. The Balaban J connectivity index is 1.75. The molecule has 0 spiro atoms. The molecular weight excluding hydrogens is 352 g/mol. The van der Waals surface area contributed by atoms with Crippen LogP contribution in [0.25, 0.3) is 16.7 Å². The monoisotopic (exact) mass is 374 g/mol. The molecule has 4 aromatic rings. The number of rotatable bonds is 5. The lowest BCUT2D eigenvalue weighted by atomic mass is 10.1. The Bertz CT molecular complexity index is 1130. The van der Waals surface area contributed by atoms with E-state index in [1.807, 2.05) is 32.0 Å². The number of aryl methyl sites for hydroxylation is 3. The van der Waals surface area contributed by atoms with Crippen molar-refractivity contribution in [3.05, 3.63) is 77.0 Å². The van der Waals surface area contributed by atoms with Gasteiger partial charge >= 0.3 is 0 Å². The van der Waals surface area contributed by atoms with E-state index in [4.69, 9.17) is 4.42 Å². The summed E-state index contributed by atoms with van der Waals surface area (Å²) < 4.78 is 7.10. The maximum Gasteiger partial charge on any atom is 0.252 e. The highest BCUT2D eigenvalue weighted by Gasteiger charge is 2.19. The number of amides is 1. The minimum atomic E-state index is -0.170. The lowest BCUT2D eigenvalue weighted by molar-refractivity contribution is 0.0949. The number of nitrogens with one attached hydrogen (secondary N) is 1. The molecule has 0 radical (unpaired) electrons. The molecule has 0 unspecified atom stereocenters. The predicted molar refractivity (Wildman–Crippen MR) is 108 cm³/mol. The van der Waals surface area contributed by atoms with Crippen LogP contribution in [0.5, 0.6) is 0 Å². The third-order valence-electron chi connectivity index (χ3n) is 4.78. The number of benzene rings is 1. The van der Waals surface area contributed by atoms with Gasteiger partial charge in [-0.25, -0.2) is 9.67 Å². The first-order valence-corrected chi connectivity index (χ1v) is 9.33. The van der Waals surface area contributed by atoms with E-state index in [1.165, 1.54) is 5.56 Å². The number of hydrogen-bond donors (Lipinski definition) is 1. The fraction of sp³-hybridized carbons (Fsp3) is 0.227. The molecular formula is C22H22N4O2. The van der Waals surface area contributed by atoms with E-state index >= 15 is 0 Å². The molecule has 3 aromatic heterocycles. The average Bonchev–Trinajstić information content (AvgIpc) is 3.33. The zero-order valence-corrected chi connectivity index (χ0v) is 16.2. The molecule has 6 nitrogen and oxygen atoms in total. The standard InChI is InChI=1S/C22H22N4O2/c1-4-16-7-9-17(10-8-16)26-21-20(15(3)25-26)19(12-14(2)24-21)22(27)23-13-18-6-5-11-28-18/h5-12H,4,13H2,1-3H3,(H,23,27). The Labute approximate surface area is 163 Å². The first-order valence-electron chi connectivity index (χ1n) is 9.33. The van der Waals surface area contributed by atoms with Crippen LogP contribution in [0.2, 0.25) is 0 Å². The van der Waals surface area contributed by atoms with E-state index in [2.05, 4.69) is 34.5 Å². The number of carbonyl (C=O) groups excluding carboxylic acids is 1. The molecule has 142 valence electrons. The van der Waals surface area contributed by atoms with Crippen molar-refractivity contribution < 1.29 is 9.21 Å². The Morgan fingerprint density at radius 1 is 1.18 bits per heavy atom. The van der Waals surface area contributed by atoms with Crippen LogP contribution in [0.15, 0.2) is 53.1 Å². The minimum absolute atomic E-state index is 0.170. The van der Waals surface area contributed by atoms with Gasteiger partial charge in [-0.2, -0.15) is 5.10 Å². The van der Waals surface area contributed by atoms with Gasteiger partial charge in [0.2, 0.25) is 0 Å². The Kier molecular flexibility index (Phi) is 4.69. The zero-order chi connectivity index (χ0) is 19.7. The van der Waals surface area contributed by atoms with Gasteiger partial charge in [-0.3, -0.25) is 4.79 Å². The second-order valence-electron chi connectivity index (χ2n) is 6.79. The topological polar surface area (TPSA) is 73.0 Å². The van der Waals surface area contributed by atoms with Gasteiger partial charge in [0.15, 0.2) is 5.65 Å². The molecule has 0 aliphatic carbocycles. The van der Waals surface area contributed by atoms with E-state index in [-0.39, 0.29) is 5.91 Å². The van der Waals surface area contributed by atoms with Crippen LogP contribution < -0.4 is 5.32 Å². The lowest BCUT2D eigenvalue weighted by Gasteiger charge is -2.08. The maximum atomic E-state index is 12.9. The molecule has 0 saturated heterocycles. The van der Waals surface area contributed by atoms with Crippen molar-refractivity contribution in [2.24, 2.45) is 0 Å². The molecule has 0 fully saturated rings. The van der Waals surface area contributed by atoms with Crippen molar-refractivity contribution in [2.45, 2.75) is 33.7 Å². The highest BCUT2D eigenvalue weighted by Crippen LogP contribution is 2.25. The van der Waals surface area contributed by atoms with Gasteiger partial charge in [-0.1, -0.05) is 19.1 Å². The molecule has 0 saturated carbocycles. The number of fused-ring (bicyclic) bond motifs is 1. The quantitative estimate of drug-likeness (QED) is 0.570. The first-order chi connectivity index (χ1) is 13.6. The van der Waals surface area contributed by atoms with E-state index in [0.29, 0.717) is 23.5 Å². The van der Waals surface area contributed by atoms with Crippen LogP contribution in [0, 0.1) is 13.8 Å². The fourth-order valence-corrected chi connectivity index (χ4v) is 3.32. The number of furan rings is 1. The Morgan fingerprint density at radius 2 is 1.96 bits per heavy atom. The molecule has 1 amide bonds. The lowest BCUT2D eigenvalue weighted by Crippen LogP contribution is -2.23. The molecule has 6 heteroatoms. The summed E-state index contributed by atoms with van der Waals surface area (Å²) in [4.78, 5) is 17.5. The van der Waals surface area contributed by atoms with Gasteiger partial charge in [0, 0.05) is 5.69 Å². The molecule has 0 aliphatic rings. The molecule has 3 heterocycles. The van der Waals surface area contributed by atoms with Crippen LogP contribution >= 0.6 is 0 Å². The molecule has 0 atom stereocenters. The third-order valence-corrected chi connectivity index (χ3v) is 4.78. The van der Waals surface area contributed by atoms with E-state index in [1.54, 1.807) is 23.1 Å². The number of carbonyl (C=O) groups is 1. The largest absolute Gasteiger partial charge is 0.467 e. The van der Waals surface area contributed by atoms with E-state index in [0.717, 1.165) is 28.9 Å². The SMILES string of the molecule is CCc1ccc(-n2nc(C)c3c(C(=O)NCc4ccco4)cc(C)nc32)cc1. The van der Waals surface area contributed by atoms with Crippen molar-refractivity contribution in [1.29, 1.82) is 0 Å². The van der Waals surface area contributed by atoms with Crippen molar-refractivity contribution in [1.82, 2.24) is 20.1 Å². The van der Waals surface area contributed by atoms with E-state index in [9.17, 15) is 4.79 Å². The summed E-state index contributed by atoms with van der Waals surface area (Å²) in [6, 6.07) is 13.7. The Hall–Kier alpha value is -3.41. The number of nitrogens with zero attached hydrogens (tertiary/aromatic N) is 3. The summed E-state index contributed by atoms with van der Waals surface area (Å²) in [5.41, 5.74) is 4.98. The summed E-state index contributed by atoms with van der Waals surface area (Å²) in [5, 5.41) is 8.35. The van der Waals surface area contributed by atoms with Gasteiger partial charge < -0.3 is 9.73 Å². The molecule has 4 rings (SSSR count). The Morgan fingerprint density at radius 3 is 2.64 bits per heavy atom. The van der Waals surface area contributed by atoms with Crippen molar-refractivity contribution in [3.8, 4) is 5.69 Å². The third kappa shape index (κ3) is 3.29. The summed E-state index contributed by atoms with van der Waals surface area (Å²) in [5.74, 6) is 0.537. The van der Waals surface area contributed by atoms with Crippen LogP contribution in [0.4, 0.5) is 0 Å². The summed E-state index contributed by atoms with van der Waals surface area (Å²) in [6.07, 6.45) is 2.57. The van der Waals surface area contributed by atoms with Crippen LogP contribution in [-0.2, 0) is 13.0 Å². The van der Waals surface area contributed by atoms with Crippen molar-refractivity contribution in [2.75, 3.05) is 0 Å². The maximum absolute atomic E-state index is 12.9. The summed E-state index contributed by atoms with van der Waals surface area (Å²) in [7, 11) is 0. The van der Waals surface area contributed by atoms with Gasteiger partial charge in [-0.05, 0) is 56.2 Å². The number of hydrogen-bond acceptors (Lipinski definition) is 4. The smallest absolute Gasteiger partial charge is 0.252 e. The predicted octanol–water partition coefficient (Wildman–Crippen LogP) is 4.12. The van der Waals surface area contributed by atoms with Crippen LogP contribution in [0.3, 0.4) is 0 Å². The highest BCUT2D eigenvalue weighted by molar-refractivity contribution is 6.06. The second kappa shape index (κ2) is 7.31. The van der Waals surface area contributed by atoms with Gasteiger partial charge in [0.1, 0.15) is 5.76 Å². The zero-order valence-electron chi connectivity index (χ0n) is 16.2. The van der Waals surface area contributed by atoms with Crippen molar-refractivity contribution >= 4 is 16.9 Å². The van der Waals surface area contributed by atoms with Crippen LogP contribution in [0.1, 0.15) is 40.0 Å². The first kappa shape index (κ1) is 18.0. The second-order valence-corrected chi connectivity index (χ2v) is 6.79. The van der Waals surface area contributed by atoms with Crippen molar-refractivity contribution in [3.63, 3.8) is 0 Å². The molecule has 28 heavy (non-hydrogen) atoms. The number of pyridine rings is 1. The normalized spacial score (nSPS) is 11.1. The van der Waals surface area contributed by atoms with Gasteiger partial charge in [-0.15, -0.1) is 0 Å². The minimum Gasteiger partial charge on any atom is -0.467 e. The average molecular weight is 374 g/mol. The van der Waals surface area contributed by atoms with E-state index < -0.39 is 0 Å². The van der Waals surface area contributed by atoms with Gasteiger partial charge in [0.25, 0.3) is 5.91 Å². The highest BCUT2D eigenvalue weighted by atomic mass is 16.3. The summed E-state index contributed by atoms with van der Waals surface area (Å²) >= 11 is 0. The van der Waals surface area contributed by atoms with Gasteiger partial charge in [0.05, 0.1) is 35.1 Å². The fourth-order valence-electron chi connectivity index (χ4n) is 3.32. The number of aromatic nitrogens is 3.